The number of fused-ring (bicyclic) bond motifs is 4. The Bertz CT molecular complexity index is 1440. The van der Waals surface area contributed by atoms with Crippen LogP contribution in [0.4, 0.5) is 0 Å². The van der Waals surface area contributed by atoms with Crippen LogP contribution >= 0.6 is 0 Å². The first kappa shape index (κ1) is 26.1. The molecule has 0 bridgehead atoms. The van der Waals surface area contributed by atoms with Gasteiger partial charge in [0, 0.05) is 23.8 Å². The van der Waals surface area contributed by atoms with E-state index in [1.54, 1.807) is 0 Å². The van der Waals surface area contributed by atoms with Crippen molar-refractivity contribution in [2.45, 2.75) is 44.6 Å². The van der Waals surface area contributed by atoms with E-state index in [2.05, 4.69) is 30.3 Å². The van der Waals surface area contributed by atoms with Crippen LogP contribution in [0.1, 0.15) is 47.4 Å². The molecule has 5 rings (SSSR count). The molecule has 0 radical (unpaired) electrons. The van der Waals surface area contributed by atoms with E-state index in [0.717, 1.165) is 36.1 Å². The zero-order valence-corrected chi connectivity index (χ0v) is 22.3. The van der Waals surface area contributed by atoms with Crippen LogP contribution in [0.15, 0.2) is 54.6 Å². The van der Waals surface area contributed by atoms with Gasteiger partial charge >= 0.3 is 5.97 Å². The van der Waals surface area contributed by atoms with Gasteiger partial charge in [0.15, 0.2) is 0 Å². The monoisotopic (exact) mass is 536 g/mol. The van der Waals surface area contributed by atoms with Gasteiger partial charge in [0.05, 0.1) is 25.4 Å². The van der Waals surface area contributed by atoms with Crippen molar-refractivity contribution in [1.29, 1.82) is 0 Å². The summed E-state index contributed by atoms with van der Waals surface area (Å²) < 4.78 is 40.4. The summed E-state index contributed by atoms with van der Waals surface area (Å²) in [6.07, 6.45) is 4.66. The van der Waals surface area contributed by atoms with E-state index in [-0.39, 0.29) is 18.1 Å². The van der Waals surface area contributed by atoms with Crippen molar-refractivity contribution in [2.75, 3.05) is 25.2 Å². The molecule has 0 spiro atoms. The average molecular weight is 537 g/mol. The average Bonchev–Trinajstić information content (AvgIpc) is 3.16. The molecule has 0 saturated carbocycles. The van der Waals surface area contributed by atoms with Crippen LogP contribution in [0, 0.1) is 0 Å². The molecule has 1 atom stereocenters. The SMILES string of the molecule is CS(=O)(=O)CCCOc1ccc2c(c1)CCCc1c(COc3ccc4c(c3)OC[C@H]4CC(=O)O)cccc1-2. The quantitative estimate of drug-likeness (QED) is 0.356. The van der Waals surface area contributed by atoms with E-state index in [9.17, 15) is 13.2 Å². The predicted octanol–water partition coefficient (Wildman–Crippen LogP) is 5.19. The van der Waals surface area contributed by atoms with Gasteiger partial charge < -0.3 is 19.3 Å². The molecule has 2 aliphatic rings. The van der Waals surface area contributed by atoms with Gasteiger partial charge in [-0.15, -0.1) is 0 Å². The summed E-state index contributed by atoms with van der Waals surface area (Å²) in [6, 6.07) is 18.1. The number of rotatable bonds is 10. The van der Waals surface area contributed by atoms with Gasteiger partial charge in [0.1, 0.15) is 33.7 Å². The molecule has 8 heteroatoms. The second-order valence-electron chi connectivity index (χ2n) is 10.0. The molecule has 0 unspecified atom stereocenters. The highest BCUT2D eigenvalue weighted by Gasteiger charge is 2.27. The van der Waals surface area contributed by atoms with E-state index < -0.39 is 15.8 Å². The Labute approximate surface area is 223 Å². The van der Waals surface area contributed by atoms with E-state index in [0.29, 0.717) is 37.7 Å². The predicted molar refractivity (Wildman–Crippen MR) is 145 cm³/mol. The molecule has 0 saturated heterocycles. The van der Waals surface area contributed by atoms with Gasteiger partial charge in [0.25, 0.3) is 0 Å². The summed E-state index contributed by atoms with van der Waals surface area (Å²) in [5, 5.41) is 9.12. The molecule has 7 nitrogen and oxygen atoms in total. The molecule has 1 heterocycles. The molecule has 1 N–H and O–H groups in total. The fourth-order valence-corrected chi connectivity index (χ4v) is 5.94. The number of carbonyl (C=O) groups is 1. The van der Waals surface area contributed by atoms with Crippen molar-refractivity contribution in [3.8, 4) is 28.4 Å². The maximum atomic E-state index is 11.3. The number of carboxylic acids is 1. The Morgan fingerprint density at radius 2 is 1.84 bits per heavy atom. The second-order valence-corrected chi connectivity index (χ2v) is 12.3. The third-order valence-corrected chi connectivity index (χ3v) is 8.15. The van der Waals surface area contributed by atoms with Crippen molar-refractivity contribution >= 4 is 15.8 Å². The summed E-state index contributed by atoms with van der Waals surface area (Å²) in [6.45, 7) is 1.18. The molecular formula is C30H32O7S. The van der Waals surface area contributed by atoms with Gasteiger partial charge in [-0.05, 0) is 71.7 Å². The third-order valence-electron chi connectivity index (χ3n) is 7.12. The summed E-state index contributed by atoms with van der Waals surface area (Å²) in [4.78, 5) is 11.1. The zero-order chi connectivity index (χ0) is 26.7. The van der Waals surface area contributed by atoms with Crippen molar-refractivity contribution in [2.24, 2.45) is 0 Å². The van der Waals surface area contributed by atoms with Gasteiger partial charge in [-0.25, -0.2) is 8.42 Å². The Balaban J connectivity index is 1.29. The summed E-state index contributed by atoms with van der Waals surface area (Å²) in [5.74, 6) is 1.34. The highest BCUT2D eigenvalue weighted by molar-refractivity contribution is 7.90. The number of aryl methyl sites for hydroxylation is 1. The number of carboxylic acid groups (broad SMARTS) is 1. The molecule has 1 aliphatic heterocycles. The minimum absolute atomic E-state index is 0.0572. The molecule has 0 amide bonds. The van der Waals surface area contributed by atoms with Crippen molar-refractivity contribution in [3.63, 3.8) is 0 Å². The Morgan fingerprint density at radius 1 is 1.03 bits per heavy atom. The maximum absolute atomic E-state index is 11.3. The lowest BCUT2D eigenvalue weighted by Crippen LogP contribution is -2.08. The third kappa shape index (κ3) is 6.13. The second kappa shape index (κ2) is 11.1. The summed E-state index contributed by atoms with van der Waals surface area (Å²) in [7, 11) is -2.98. The molecular weight excluding hydrogens is 504 g/mol. The number of hydrogen-bond acceptors (Lipinski definition) is 6. The van der Waals surface area contributed by atoms with Crippen LogP contribution in [-0.2, 0) is 34.1 Å². The van der Waals surface area contributed by atoms with E-state index in [1.807, 2.05) is 24.3 Å². The van der Waals surface area contributed by atoms with Gasteiger partial charge in [-0.2, -0.15) is 0 Å². The normalized spacial score (nSPS) is 16.0. The van der Waals surface area contributed by atoms with Crippen molar-refractivity contribution in [3.05, 3.63) is 76.9 Å². The molecule has 3 aromatic rings. The van der Waals surface area contributed by atoms with Crippen molar-refractivity contribution in [1.82, 2.24) is 0 Å². The standard InChI is InChI=1S/C30H32O7S/c1-38(33,34)14-4-13-35-23-9-11-26-20(15-23)5-2-7-25-21(6-3-8-28(25)26)18-36-24-10-12-27-22(16-30(31)32)19-37-29(27)17-24/h3,6,8-12,15,17,22H,2,4-5,7,13-14,16,18-19H2,1H3,(H,31,32)/t22-/m1/s1. The number of ether oxygens (including phenoxy) is 3. The lowest BCUT2D eigenvalue weighted by Gasteiger charge is -2.16. The van der Waals surface area contributed by atoms with E-state index in [1.165, 1.54) is 28.5 Å². The topological polar surface area (TPSA) is 99.1 Å². The minimum atomic E-state index is -2.98. The van der Waals surface area contributed by atoms with E-state index in [4.69, 9.17) is 19.3 Å². The van der Waals surface area contributed by atoms with Crippen LogP contribution in [0.25, 0.3) is 11.1 Å². The lowest BCUT2D eigenvalue weighted by molar-refractivity contribution is -0.137. The van der Waals surface area contributed by atoms with Gasteiger partial charge in [0.2, 0.25) is 0 Å². The Morgan fingerprint density at radius 3 is 2.66 bits per heavy atom. The summed E-state index contributed by atoms with van der Waals surface area (Å²) >= 11 is 0. The highest BCUT2D eigenvalue weighted by atomic mass is 32.2. The van der Waals surface area contributed by atoms with Crippen LogP contribution in [0.2, 0.25) is 0 Å². The van der Waals surface area contributed by atoms with Crippen LogP contribution in [0.5, 0.6) is 17.2 Å². The summed E-state index contributed by atoms with van der Waals surface area (Å²) in [5.41, 5.74) is 6.97. The molecule has 1 aliphatic carbocycles. The largest absolute Gasteiger partial charge is 0.494 e. The molecule has 0 aromatic heterocycles. The first-order valence-corrected chi connectivity index (χ1v) is 15.0. The fourth-order valence-electron chi connectivity index (χ4n) is 5.30. The molecule has 38 heavy (non-hydrogen) atoms. The number of hydrogen-bond donors (Lipinski definition) is 1. The number of sulfone groups is 1. The fraction of sp³-hybridized carbons (Fsp3) is 0.367. The van der Waals surface area contributed by atoms with Gasteiger partial charge in [-0.1, -0.05) is 30.3 Å². The Kier molecular flexibility index (Phi) is 7.61. The maximum Gasteiger partial charge on any atom is 0.304 e. The smallest absolute Gasteiger partial charge is 0.304 e. The molecule has 3 aromatic carbocycles. The zero-order valence-electron chi connectivity index (χ0n) is 21.4. The van der Waals surface area contributed by atoms with Crippen molar-refractivity contribution < 1.29 is 32.5 Å². The number of benzene rings is 3. The lowest BCUT2D eigenvalue weighted by atomic mass is 9.93. The van der Waals surface area contributed by atoms with Crippen LogP contribution in [0.3, 0.4) is 0 Å². The molecule has 200 valence electrons. The van der Waals surface area contributed by atoms with Gasteiger partial charge in [-0.3, -0.25) is 4.79 Å². The minimum Gasteiger partial charge on any atom is -0.494 e. The Hall–Kier alpha value is -3.52. The first-order valence-electron chi connectivity index (χ1n) is 12.9. The van der Waals surface area contributed by atoms with E-state index >= 15 is 0 Å². The van der Waals surface area contributed by atoms with Crippen LogP contribution in [-0.4, -0.2) is 44.7 Å². The molecule has 0 fully saturated rings. The van der Waals surface area contributed by atoms with Crippen LogP contribution < -0.4 is 14.2 Å². The highest BCUT2D eigenvalue weighted by Crippen LogP contribution is 2.39. The first-order chi connectivity index (χ1) is 18.3. The number of aliphatic carboxylic acids is 1.